The van der Waals surface area contributed by atoms with E-state index in [1.807, 2.05) is 0 Å². The van der Waals surface area contributed by atoms with Crippen LogP contribution in [-0.2, 0) is 10.0 Å². The molecule has 0 radical (unpaired) electrons. The fraction of sp³-hybridized carbons (Fsp3) is 0.444. The van der Waals surface area contributed by atoms with Gasteiger partial charge in [0.25, 0.3) is 10.0 Å². The maximum Gasteiger partial charge on any atom is 0.250 e. The molecule has 1 aromatic rings. The minimum Gasteiger partial charge on any atom is -0.392 e. The molecule has 1 aliphatic carbocycles. The third kappa shape index (κ3) is 3.25. The summed E-state index contributed by atoms with van der Waals surface area (Å²) in [4.78, 5) is 0.215. The van der Waals surface area contributed by atoms with Crippen LogP contribution in [0, 0.1) is 5.92 Å². The normalized spacial score (nSPS) is 17.9. The van der Waals surface area contributed by atoms with Crippen molar-refractivity contribution in [2.75, 3.05) is 0 Å². The number of nitrogens with one attached hydrogen (secondary N) is 1. The van der Waals surface area contributed by atoms with Crippen LogP contribution in [0.5, 0.6) is 0 Å². The van der Waals surface area contributed by atoms with Gasteiger partial charge in [0.1, 0.15) is 4.21 Å². The fourth-order valence-corrected chi connectivity index (χ4v) is 5.12. The van der Waals surface area contributed by atoms with E-state index < -0.39 is 16.1 Å². The maximum absolute atomic E-state index is 12.1. The molecule has 0 amide bonds. The zero-order chi connectivity index (χ0) is 12.6. The molecule has 8 heteroatoms. The SMILES string of the molecule is NC(=S)C(NS(=O)(=O)c1ccc(Br)s1)C1CC1. The standard InChI is InChI=1S/C9H11BrN2O2S3/c10-6-3-4-7(16-6)17(13,14)12-8(9(11)15)5-1-2-5/h3-5,8,12H,1-2H2,(H2,11,15). The number of halogens is 1. The molecular formula is C9H11BrN2O2S3. The Morgan fingerprint density at radius 1 is 1.59 bits per heavy atom. The molecule has 0 saturated heterocycles. The van der Waals surface area contributed by atoms with E-state index in [1.165, 1.54) is 0 Å². The van der Waals surface area contributed by atoms with Gasteiger partial charge in [0.2, 0.25) is 0 Å². The Morgan fingerprint density at radius 2 is 2.24 bits per heavy atom. The largest absolute Gasteiger partial charge is 0.392 e. The van der Waals surface area contributed by atoms with Crippen molar-refractivity contribution in [2.24, 2.45) is 11.7 Å². The molecule has 94 valence electrons. The van der Waals surface area contributed by atoms with E-state index in [0.717, 1.165) is 28.0 Å². The second kappa shape index (κ2) is 4.93. The van der Waals surface area contributed by atoms with E-state index in [4.69, 9.17) is 18.0 Å². The monoisotopic (exact) mass is 354 g/mol. The quantitative estimate of drug-likeness (QED) is 0.791. The van der Waals surface area contributed by atoms with Gasteiger partial charge in [-0.05, 0) is 46.8 Å². The van der Waals surface area contributed by atoms with Crippen LogP contribution < -0.4 is 10.5 Å². The maximum atomic E-state index is 12.1. The third-order valence-corrected chi connectivity index (χ3v) is 6.31. The van der Waals surface area contributed by atoms with Crippen molar-refractivity contribution in [3.8, 4) is 0 Å². The van der Waals surface area contributed by atoms with Gasteiger partial charge in [-0.15, -0.1) is 11.3 Å². The summed E-state index contributed by atoms with van der Waals surface area (Å²) >= 11 is 9.30. The van der Waals surface area contributed by atoms with Crippen LogP contribution in [0.4, 0.5) is 0 Å². The highest BCUT2D eigenvalue weighted by molar-refractivity contribution is 9.11. The second-order valence-electron chi connectivity index (χ2n) is 3.90. The zero-order valence-corrected chi connectivity index (χ0v) is 12.8. The molecule has 4 nitrogen and oxygen atoms in total. The number of nitrogens with two attached hydrogens (primary N) is 1. The molecule has 1 heterocycles. The van der Waals surface area contributed by atoms with Crippen molar-refractivity contribution in [1.82, 2.24) is 4.72 Å². The summed E-state index contributed by atoms with van der Waals surface area (Å²) < 4.78 is 27.7. The average molecular weight is 355 g/mol. The van der Waals surface area contributed by atoms with Gasteiger partial charge in [-0.2, -0.15) is 0 Å². The van der Waals surface area contributed by atoms with Crippen molar-refractivity contribution in [1.29, 1.82) is 0 Å². The Balaban J connectivity index is 2.18. The van der Waals surface area contributed by atoms with Gasteiger partial charge in [0, 0.05) is 0 Å². The summed E-state index contributed by atoms with van der Waals surface area (Å²) in [5.41, 5.74) is 5.57. The first kappa shape index (κ1) is 13.4. The second-order valence-corrected chi connectivity index (χ2v) is 8.77. The predicted molar refractivity (Wildman–Crippen MR) is 75.6 cm³/mol. The van der Waals surface area contributed by atoms with Crippen LogP contribution >= 0.6 is 39.5 Å². The van der Waals surface area contributed by atoms with E-state index in [1.54, 1.807) is 12.1 Å². The Kier molecular flexibility index (Phi) is 3.89. The first-order chi connectivity index (χ1) is 7.90. The molecule has 2 rings (SSSR count). The van der Waals surface area contributed by atoms with Crippen molar-refractivity contribution in [2.45, 2.75) is 23.1 Å². The molecule has 17 heavy (non-hydrogen) atoms. The summed E-state index contributed by atoms with van der Waals surface area (Å²) in [6.07, 6.45) is 1.94. The molecule has 0 bridgehead atoms. The molecule has 3 N–H and O–H groups in total. The molecule has 1 atom stereocenters. The lowest BCUT2D eigenvalue weighted by atomic mass is 10.2. The number of thiocarbonyl (C=S) groups is 1. The smallest absolute Gasteiger partial charge is 0.250 e. The number of sulfonamides is 1. The third-order valence-electron chi connectivity index (χ3n) is 2.50. The molecule has 0 aromatic carbocycles. The van der Waals surface area contributed by atoms with Gasteiger partial charge in [0.05, 0.1) is 14.8 Å². The van der Waals surface area contributed by atoms with Crippen LogP contribution in [0.25, 0.3) is 0 Å². The van der Waals surface area contributed by atoms with Crippen LogP contribution in [0.3, 0.4) is 0 Å². The minimum atomic E-state index is -3.52. The number of hydrogen-bond acceptors (Lipinski definition) is 4. The average Bonchev–Trinajstić information content (AvgIpc) is 2.96. The summed E-state index contributed by atoms with van der Waals surface area (Å²) in [7, 11) is -3.52. The van der Waals surface area contributed by atoms with Gasteiger partial charge in [-0.1, -0.05) is 12.2 Å². The van der Waals surface area contributed by atoms with E-state index in [2.05, 4.69) is 20.7 Å². The molecular weight excluding hydrogens is 344 g/mol. The lowest BCUT2D eigenvalue weighted by molar-refractivity contribution is 0.567. The van der Waals surface area contributed by atoms with Gasteiger partial charge >= 0.3 is 0 Å². The lowest BCUT2D eigenvalue weighted by Gasteiger charge is -2.15. The Hall–Kier alpha value is -0.0200. The van der Waals surface area contributed by atoms with Gasteiger partial charge in [-0.3, -0.25) is 0 Å². The van der Waals surface area contributed by atoms with Gasteiger partial charge in [-0.25, -0.2) is 13.1 Å². The first-order valence-corrected chi connectivity index (χ1v) is 8.47. The lowest BCUT2D eigenvalue weighted by Crippen LogP contribution is -2.44. The van der Waals surface area contributed by atoms with E-state index >= 15 is 0 Å². The molecule has 1 aliphatic rings. The molecule has 1 aromatic heterocycles. The van der Waals surface area contributed by atoms with Crippen LogP contribution in [-0.4, -0.2) is 19.4 Å². The topological polar surface area (TPSA) is 72.2 Å². The Bertz CT molecular complexity index is 536. The predicted octanol–water partition coefficient (Wildman–Crippen LogP) is 1.85. The highest BCUT2D eigenvalue weighted by atomic mass is 79.9. The van der Waals surface area contributed by atoms with Crippen LogP contribution in [0.15, 0.2) is 20.1 Å². The fourth-order valence-electron chi connectivity index (χ4n) is 1.48. The summed E-state index contributed by atoms with van der Waals surface area (Å²) in [6, 6.07) is 2.84. The molecule has 1 saturated carbocycles. The van der Waals surface area contributed by atoms with E-state index in [9.17, 15) is 8.42 Å². The van der Waals surface area contributed by atoms with Crippen molar-refractivity contribution in [3.05, 3.63) is 15.9 Å². The van der Waals surface area contributed by atoms with Crippen LogP contribution in [0.2, 0.25) is 0 Å². The molecule has 1 unspecified atom stereocenters. The number of rotatable bonds is 5. The molecule has 1 fully saturated rings. The molecule has 0 aliphatic heterocycles. The number of thiophene rings is 1. The highest BCUT2D eigenvalue weighted by Gasteiger charge is 2.36. The van der Waals surface area contributed by atoms with Crippen molar-refractivity contribution >= 4 is 54.5 Å². The van der Waals surface area contributed by atoms with E-state index in [-0.39, 0.29) is 15.1 Å². The summed E-state index contributed by atoms with van der Waals surface area (Å²) in [5, 5.41) is 0. The highest BCUT2D eigenvalue weighted by Crippen LogP contribution is 2.34. The van der Waals surface area contributed by atoms with Gasteiger partial charge in [0.15, 0.2) is 0 Å². The number of hydrogen-bond donors (Lipinski definition) is 2. The zero-order valence-electron chi connectivity index (χ0n) is 8.72. The van der Waals surface area contributed by atoms with Gasteiger partial charge < -0.3 is 5.73 Å². The van der Waals surface area contributed by atoms with E-state index in [0.29, 0.717) is 0 Å². The Morgan fingerprint density at radius 3 is 2.65 bits per heavy atom. The van der Waals surface area contributed by atoms with Crippen LogP contribution in [0.1, 0.15) is 12.8 Å². The first-order valence-electron chi connectivity index (χ1n) is 4.97. The minimum absolute atomic E-state index is 0.215. The Labute approximate surface area is 118 Å². The van der Waals surface area contributed by atoms with Crippen molar-refractivity contribution in [3.63, 3.8) is 0 Å². The summed E-state index contributed by atoms with van der Waals surface area (Å²) in [5.74, 6) is 0.255. The van der Waals surface area contributed by atoms with Crippen molar-refractivity contribution < 1.29 is 8.42 Å². The summed E-state index contributed by atoms with van der Waals surface area (Å²) in [6.45, 7) is 0. The molecule has 0 spiro atoms.